The minimum atomic E-state index is 0.0745. The zero-order valence-corrected chi connectivity index (χ0v) is 10.7. The van der Waals surface area contributed by atoms with E-state index in [0.29, 0.717) is 6.54 Å². The minimum Gasteiger partial charge on any atom is -0.396 e. The molecule has 0 bridgehead atoms. The standard InChI is InChI=1S/C14H22N2O2/c15-10-13(11-17)14(12-4-2-1-3-5-12)16-6-8-18-9-7-16/h1-5,13-14,17H,6-11,15H2/t13-,14-/m1/s1. The fourth-order valence-electron chi connectivity index (χ4n) is 2.59. The van der Waals surface area contributed by atoms with Gasteiger partial charge in [-0.3, -0.25) is 4.90 Å². The zero-order valence-electron chi connectivity index (χ0n) is 10.7. The fourth-order valence-corrected chi connectivity index (χ4v) is 2.59. The van der Waals surface area contributed by atoms with E-state index in [1.165, 1.54) is 5.56 Å². The average molecular weight is 250 g/mol. The van der Waals surface area contributed by atoms with Gasteiger partial charge >= 0.3 is 0 Å². The minimum absolute atomic E-state index is 0.0745. The summed E-state index contributed by atoms with van der Waals surface area (Å²) in [4.78, 5) is 2.37. The van der Waals surface area contributed by atoms with Crippen LogP contribution in [0.25, 0.3) is 0 Å². The summed E-state index contributed by atoms with van der Waals surface area (Å²) in [6, 6.07) is 10.5. The van der Waals surface area contributed by atoms with Crippen molar-refractivity contribution < 1.29 is 9.84 Å². The molecule has 1 saturated heterocycles. The third kappa shape index (κ3) is 3.09. The molecule has 100 valence electrons. The summed E-state index contributed by atoms with van der Waals surface area (Å²) in [5.41, 5.74) is 7.04. The summed E-state index contributed by atoms with van der Waals surface area (Å²) in [5.74, 6) is 0.0745. The Balaban J connectivity index is 2.21. The molecule has 3 N–H and O–H groups in total. The lowest BCUT2D eigenvalue weighted by molar-refractivity contribution is -0.00484. The zero-order chi connectivity index (χ0) is 12.8. The Labute approximate surface area is 108 Å². The molecule has 4 heteroatoms. The highest BCUT2D eigenvalue weighted by atomic mass is 16.5. The van der Waals surface area contributed by atoms with Crippen molar-refractivity contribution in [2.45, 2.75) is 6.04 Å². The van der Waals surface area contributed by atoms with E-state index in [9.17, 15) is 5.11 Å². The molecular weight excluding hydrogens is 228 g/mol. The van der Waals surface area contributed by atoms with E-state index in [-0.39, 0.29) is 18.6 Å². The molecule has 1 aliphatic heterocycles. The third-order valence-corrected chi connectivity index (χ3v) is 3.56. The van der Waals surface area contributed by atoms with Crippen LogP contribution in [-0.4, -0.2) is 49.5 Å². The van der Waals surface area contributed by atoms with Gasteiger partial charge in [-0.15, -0.1) is 0 Å². The van der Waals surface area contributed by atoms with Crippen LogP contribution in [0.2, 0.25) is 0 Å². The maximum Gasteiger partial charge on any atom is 0.0594 e. The van der Waals surface area contributed by atoms with Crippen LogP contribution in [0.1, 0.15) is 11.6 Å². The van der Waals surface area contributed by atoms with Crippen LogP contribution < -0.4 is 5.73 Å². The first-order valence-corrected chi connectivity index (χ1v) is 6.54. The van der Waals surface area contributed by atoms with E-state index < -0.39 is 0 Å². The van der Waals surface area contributed by atoms with Crippen LogP contribution in [0.5, 0.6) is 0 Å². The van der Waals surface area contributed by atoms with E-state index in [0.717, 1.165) is 26.3 Å². The largest absolute Gasteiger partial charge is 0.396 e. The van der Waals surface area contributed by atoms with E-state index in [2.05, 4.69) is 17.0 Å². The molecule has 0 aliphatic carbocycles. The molecule has 1 aromatic rings. The normalized spacial score (nSPS) is 20.6. The summed E-state index contributed by atoms with van der Waals surface area (Å²) in [7, 11) is 0. The highest BCUT2D eigenvalue weighted by molar-refractivity contribution is 5.20. The maximum atomic E-state index is 9.55. The summed E-state index contributed by atoms with van der Waals surface area (Å²) in [6.07, 6.45) is 0. The Hall–Kier alpha value is -0.940. The molecule has 0 saturated carbocycles. The summed E-state index contributed by atoms with van der Waals surface area (Å²) in [6.45, 7) is 3.92. The Morgan fingerprint density at radius 1 is 1.22 bits per heavy atom. The van der Waals surface area contributed by atoms with Crippen LogP contribution in [0.15, 0.2) is 30.3 Å². The number of ether oxygens (including phenoxy) is 1. The predicted molar refractivity (Wildman–Crippen MR) is 71.2 cm³/mol. The van der Waals surface area contributed by atoms with Gasteiger partial charge in [0.25, 0.3) is 0 Å². The number of hydrogen-bond donors (Lipinski definition) is 2. The average Bonchev–Trinajstić information content (AvgIpc) is 2.46. The lowest BCUT2D eigenvalue weighted by atomic mass is 9.91. The van der Waals surface area contributed by atoms with Crippen molar-refractivity contribution in [3.8, 4) is 0 Å². The summed E-state index contributed by atoms with van der Waals surface area (Å²) in [5, 5.41) is 9.55. The van der Waals surface area contributed by atoms with Gasteiger partial charge in [0.1, 0.15) is 0 Å². The van der Waals surface area contributed by atoms with Gasteiger partial charge in [-0.25, -0.2) is 0 Å². The Bertz CT molecular complexity index is 335. The van der Waals surface area contributed by atoms with Crippen molar-refractivity contribution in [3.05, 3.63) is 35.9 Å². The number of aliphatic hydroxyl groups is 1. The first kappa shape index (κ1) is 13.5. The van der Waals surface area contributed by atoms with Crippen molar-refractivity contribution in [2.75, 3.05) is 39.5 Å². The number of nitrogens with zero attached hydrogens (tertiary/aromatic N) is 1. The number of rotatable bonds is 5. The molecule has 0 amide bonds. The molecule has 4 nitrogen and oxygen atoms in total. The molecule has 1 aromatic carbocycles. The predicted octanol–water partition coefficient (Wildman–Crippen LogP) is 0.627. The SMILES string of the molecule is NC[C@H](CO)[C@@H](c1ccccc1)N1CCOCC1. The van der Waals surface area contributed by atoms with Crippen LogP contribution in [0.3, 0.4) is 0 Å². The maximum absolute atomic E-state index is 9.55. The Kier molecular flexibility index (Phi) is 5.13. The second kappa shape index (κ2) is 6.85. The van der Waals surface area contributed by atoms with Gasteiger partial charge in [-0.05, 0) is 12.1 Å². The van der Waals surface area contributed by atoms with Crippen molar-refractivity contribution in [2.24, 2.45) is 11.7 Å². The molecule has 0 spiro atoms. The quantitative estimate of drug-likeness (QED) is 0.804. The van der Waals surface area contributed by atoms with Crippen LogP contribution >= 0.6 is 0 Å². The number of hydrogen-bond acceptors (Lipinski definition) is 4. The number of nitrogens with two attached hydrogens (primary N) is 1. The summed E-state index contributed by atoms with van der Waals surface area (Å²) < 4.78 is 5.40. The van der Waals surface area contributed by atoms with Gasteiger partial charge in [0.15, 0.2) is 0 Å². The molecule has 18 heavy (non-hydrogen) atoms. The molecule has 1 heterocycles. The Morgan fingerprint density at radius 3 is 2.44 bits per heavy atom. The second-order valence-corrected chi connectivity index (χ2v) is 4.68. The van der Waals surface area contributed by atoms with Crippen molar-refractivity contribution in [3.63, 3.8) is 0 Å². The van der Waals surface area contributed by atoms with E-state index in [1.807, 2.05) is 18.2 Å². The molecule has 1 fully saturated rings. The van der Waals surface area contributed by atoms with Crippen molar-refractivity contribution in [1.29, 1.82) is 0 Å². The molecule has 2 rings (SSSR count). The van der Waals surface area contributed by atoms with Gasteiger partial charge in [-0.2, -0.15) is 0 Å². The van der Waals surface area contributed by atoms with Gasteiger partial charge in [0.05, 0.1) is 13.2 Å². The second-order valence-electron chi connectivity index (χ2n) is 4.68. The molecule has 0 aromatic heterocycles. The number of morpholine rings is 1. The first-order valence-electron chi connectivity index (χ1n) is 6.54. The first-order chi connectivity index (χ1) is 8.86. The Morgan fingerprint density at radius 2 is 1.89 bits per heavy atom. The van der Waals surface area contributed by atoms with Gasteiger partial charge in [-0.1, -0.05) is 30.3 Å². The van der Waals surface area contributed by atoms with Crippen LogP contribution in [-0.2, 0) is 4.74 Å². The van der Waals surface area contributed by atoms with Crippen molar-refractivity contribution >= 4 is 0 Å². The van der Waals surface area contributed by atoms with Gasteiger partial charge < -0.3 is 15.6 Å². The van der Waals surface area contributed by atoms with E-state index >= 15 is 0 Å². The van der Waals surface area contributed by atoms with Gasteiger partial charge in [0, 0.05) is 31.7 Å². The molecular formula is C14H22N2O2. The van der Waals surface area contributed by atoms with E-state index in [4.69, 9.17) is 10.5 Å². The highest BCUT2D eigenvalue weighted by Gasteiger charge is 2.28. The molecule has 1 aliphatic rings. The third-order valence-electron chi connectivity index (χ3n) is 3.56. The topological polar surface area (TPSA) is 58.7 Å². The van der Waals surface area contributed by atoms with E-state index in [1.54, 1.807) is 0 Å². The smallest absolute Gasteiger partial charge is 0.0594 e. The molecule has 0 unspecified atom stereocenters. The number of aliphatic hydroxyl groups excluding tert-OH is 1. The number of benzene rings is 1. The lowest BCUT2D eigenvalue weighted by Gasteiger charge is -2.38. The fraction of sp³-hybridized carbons (Fsp3) is 0.571. The summed E-state index contributed by atoms with van der Waals surface area (Å²) >= 11 is 0. The monoisotopic (exact) mass is 250 g/mol. The van der Waals surface area contributed by atoms with Gasteiger partial charge in [0.2, 0.25) is 0 Å². The molecule has 2 atom stereocenters. The highest BCUT2D eigenvalue weighted by Crippen LogP contribution is 2.28. The molecule has 0 radical (unpaired) electrons. The lowest BCUT2D eigenvalue weighted by Crippen LogP contribution is -2.44. The van der Waals surface area contributed by atoms with Crippen molar-refractivity contribution in [1.82, 2.24) is 4.90 Å². The van der Waals surface area contributed by atoms with Crippen LogP contribution in [0, 0.1) is 5.92 Å². The van der Waals surface area contributed by atoms with Crippen LogP contribution in [0.4, 0.5) is 0 Å².